The quantitative estimate of drug-likeness (QED) is 0.792. The van der Waals surface area contributed by atoms with Gasteiger partial charge >= 0.3 is 0 Å². The second-order valence-corrected chi connectivity index (χ2v) is 7.28. The second kappa shape index (κ2) is 8.46. The van der Waals surface area contributed by atoms with Crippen molar-refractivity contribution < 1.29 is 9.47 Å². The van der Waals surface area contributed by atoms with Gasteiger partial charge in [0.05, 0.1) is 14.2 Å². The normalized spacial score (nSPS) is 12.5. The van der Waals surface area contributed by atoms with Crippen LogP contribution in [0.5, 0.6) is 11.5 Å². The Morgan fingerprint density at radius 3 is 2.62 bits per heavy atom. The van der Waals surface area contributed by atoms with Crippen molar-refractivity contribution in [2.75, 3.05) is 28.3 Å². The summed E-state index contributed by atoms with van der Waals surface area (Å²) >= 11 is 1.76. The molecule has 24 heavy (non-hydrogen) atoms. The SMILES string of the molecule is COc1ccc(C(C)NCc2ncc(CN(C)C)s2)c(C)c1OC. The van der Waals surface area contributed by atoms with Crippen LogP contribution in [0.3, 0.4) is 0 Å². The van der Waals surface area contributed by atoms with Crippen LogP contribution in [0.15, 0.2) is 18.3 Å². The van der Waals surface area contributed by atoms with E-state index in [4.69, 9.17) is 9.47 Å². The average molecular weight is 350 g/mol. The van der Waals surface area contributed by atoms with Crippen molar-refractivity contribution >= 4 is 11.3 Å². The molecule has 0 bridgehead atoms. The summed E-state index contributed by atoms with van der Waals surface area (Å²) in [5.41, 5.74) is 2.31. The fraction of sp³-hybridized carbons (Fsp3) is 0.500. The van der Waals surface area contributed by atoms with Crippen LogP contribution in [0.1, 0.15) is 34.0 Å². The van der Waals surface area contributed by atoms with Crippen molar-refractivity contribution in [3.63, 3.8) is 0 Å². The number of rotatable bonds is 8. The van der Waals surface area contributed by atoms with Crippen LogP contribution < -0.4 is 14.8 Å². The average Bonchev–Trinajstić information content (AvgIpc) is 2.98. The topological polar surface area (TPSA) is 46.6 Å². The van der Waals surface area contributed by atoms with Gasteiger partial charge in [-0.15, -0.1) is 11.3 Å². The summed E-state index contributed by atoms with van der Waals surface area (Å²) in [5, 5.41) is 4.66. The van der Waals surface area contributed by atoms with Gasteiger partial charge in [0.15, 0.2) is 11.5 Å². The molecule has 0 fully saturated rings. The van der Waals surface area contributed by atoms with Crippen LogP contribution in [-0.4, -0.2) is 38.2 Å². The van der Waals surface area contributed by atoms with Crippen molar-refractivity contribution in [3.8, 4) is 11.5 Å². The fourth-order valence-corrected chi connectivity index (χ4v) is 3.72. The van der Waals surface area contributed by atoms with Crippen molar-refractivity contribution in [2.24, 2.45) is 0 Å². The maximum Gasteiger partial charge on any atom is 0.163 e. The Balaban J connectivity index is 2.04. The predicted molar refractivity (Wildman–Crippen MR) is 99.0 cm³/mol. The van der Waals surface area contributed by atoms with Crippen LogP contribution in [0, 0.1) is 6.92 Å². The number of methoxy groups -OCH3 is 2. The van der Waals surface area contributed by atoms with E-state index < -0.39 is 0 Å². The summed E-state index contributed by atoms with van der Waals surface area (Å²) in [6, 6.07) is 4.25. The van der Waals surface area contributed by atoms with E-state index in [1.165, 1.54) is 10.4 Å². The van der Waals surface area contributed by atoms with E-state index in [2.05, 4.69) is 49.2 Å². The zero-order chi connectivity index (χ0) is 17.7. The lowest BCUT2D eigenvalue weighted by Crippen LogP contribution is -2.19. The summed E-state index contributed by atoms with van der Waals surface area (Å²) in [5.74, 6) is 1.56. The maximum atomic E-state index is 5.49. The van der Waals surface area contributed by atoms with Gasteiger partial charge in [0.1, 0.15) is 5.01 Å². The standard InChI is InChI=1S/C18H27N3O2S/c1-12-15(7-8-16(22-5)18(12)23-6)13(2)19-10-17-20-9-14(24-17)11-21(3)4/h7-9,13,19H,10-11H2,1-6H3. The Bertz CT molecular complexity index is 670. The molecule has 1 aromatic heterocycles. The summed E-state index contributed by atoms with van der Waals surface area (Å²) in [4.78, 5) is 7.94. The van der Waals surface area contributed by atoms with Crippen molar-refractivity contribution in [3.05, 3.63) is 39.3 Å². The first-order valence-corrected chi connectivity index (χ1v) is 8.81. The van der Waals surface area contributed by atoms with Gasteiger partial charge in [-0.3, -0.25) is 0 Å². The van der Waals surface area contributed by atoms with Crippen LogP contribution in [0.25, 0.3) is 0 Å². The van der Waals surface area contributed by atoms with Gasteiger partial charge < -0.3 is 19.7 Å². The molecule has 2 aromatic rings. The minimum absolute atomic E-state index is 0.200. The lowest BCUT2D eigenvalue weighted by atomic mass is 10.0. The maximum absolute atomic E-state index is 5.49. The van der Waals surface area contributed by atoms with E-state index in [0.29, 0.717) is 0 Å². The van der Waals surface area contributed by atoms with Crippen molar-refractivity contribution in [2.45, 2.75) is 33.0 Å². The summed E-state index contributed by atoms with van der Waals surface area (Å²) < 4.78 is 10.9. The number of thiazole rings is 1. The van der Waals surface area contributed by atoms with Crippen molar-refractivity contribution in [1.29, 1.82) is 0 Å². The number of hydrogen-bond acceptors (Lipinski definition) is 6. The summed E-state index contributed by atoms with van der Waals surface area (Å²) in [7, 11) is 7.47. The van der Waals surface area contributed by atoms with Crippen LogP contribution in [-0.2, 0) is 13.1 Å². The lowest BCUT2D eigenvalue weighted by Gasteiger charge is -2.19. The van der Waals surface area contributed by atoms with Gasteiger partial charge in [-0.05, 0) is 45.1 Å². The third-order valence-corrected chi connectivity index (χ3v) is 4.92. The first-order chi connectivity index (χ1) is 11.5. The van der Waals surface area contributed by atoms with E-state index in [1.54, 1.807) is 25.6 Å². The van der Waals surface area contributed by atoms with E-state index in [9.17, 15) is 0 Å². The molecule has 2 rings (SSSR count). The van der Waals surface area contributed by atoms with Gasteiger partial charge in [0.2, 0.25) is 0 Å². The Labute approximate surface area is 148 Å². The molecular formula is C18H27N3O2S. The molecule has 0 amide bonds. The molecule has 0 radical (unpaired) electrons. The van der Waals surface area contributed by atoms with Gasteiger partial charge in [0.25, 0.3) is 0 Å². The summed E-state index contributed by atoms with van der Waals surface area (Å²) in [6.45, 7) is 5.91. The van der Waals surface area contributed by atoms with E-state index in [1.807, 2.05) is 12.3 Å². The zero-order valence-electron chi connectivity index (χ0n) is 15.3. The first-order valence-electron chi connectivity index (χ1n) is 7.99. The number of benzene rings is 1. The Morgan fingerprint density at radius 2 is 2.00 bits per heavy atom. The van der Waals surface area contributed by atoms with Gasteiger partial charge in [-0.1, -0.05) is 6.07 Å². The molecule has 1 aromatic carbocycles. The molecule has 5 nitrogen and oxygen atoms in total. The van der Waals surface area contributed by atoms with Crippen LogP contribution >= 0.6 is 11.3 Å². The fourth-order valence-electron chi connectivity index (χ4n) is 2.73. The number of hydrogen-bond donors (Lipinski definition) is 1. The first kappa shape index (κ1) is 18.7. The lowest BCUT2D eigenvalue weighted by molar-refractivity contribution is 0.351. The van der Waals surface area contributed by atoms with Crippen LogP contribution in [0.2, 0.25) is 0 Å². The van der Waals surface area contributed by atoms with E-state index >= 15 is 0 Å². The monoisotopic (exact) mass is 349 g/mol. The largest absolute Gasteiger partial charge is 0.493 e. The summed E-state index contributed by atoms with van der Waals surface area (Å²) in [6.07, 6.45) is 1.97. The number of aromatic nitrogens is 1. The second-order valence-electron chi connectivity index (χ2n) is 6.08. The molecule has 6 heteroatoms. The molecule has 0 aliphatic heterocycles. The van der Waals surface area contributed by atoms with E-state index in [0.717, 1.165) is 35.2 Å². The minimum Gasteiger partial charge on any atom is -0.493 e. The molecule has 0 spiro atoms. The van der Waals surface area contributed by atoms with E-state index in [-0.39, 0.29) is 6.04 Å². The third-order valence-electron chi connectivity index (χ3n) is 3.94. The Hall–Kier alpha value is -1.63. The minimum atomic E-state index is 0.200. The zero-order valence-corrected chi connectivity index (χ0v) is 16.2. The molecule has 1 atom stereocenters. The highest BCUT2D eigenvalue weighted by Crippen LogP contribution is 2.35. The van der Waals surface area contributed by atoms with Crippen molar-refractivity contribution in [1.82, 2.24) is 15.2 Å². The molecule has 0 saturated heterocycles. The molecule has 0 aliphatic carbocycles. The number of ether oxygens (including phenoxy) is 2. The molecule has 1 unspecified atom stereocenters. The highest BCUT2D eigenvalue weighted by Gasteiger charge is 2.16. The Morgan fingerprint density at radius 1 is 1.25 bits per heavy atom. The molecule has 0 aliphatic rings. The van der Waals surface area contributed by atoms with Crippen LogP contribution in [0.4, 0.5) is 0 Å². The third kappa shape index (κ3) is 4.47. The van der Waals surface area contributed by atoms with Gasteiger partial charge in [-0.25, -0.2) is 4.98 Å². The van der Waals surface area contributed by atoms with Gasteiger partial charge in [-0.2, -0.15) is 0 Å². The number of nitrogens with zero attached hydrogens (tertiary/aromatic N) is 2. The smallest absolute Gasteiger partial charge is 0.163 e. The molecule has 1 N–H and O–H groups in total. The number of nitrogens with one attached hydrogen (secondary N) is 1. The highest BCUT2D eigenvalue weighted by atomic mass is 32.1. The molecule has 132 valence electrons. The van der Waals surface area contributed by atoms with Gasteiger partial charge in [0, 0.05) is 30.2 Å². The molecule has 0 saturated carbocycles. The molecule has 1 heterocycles. The predicted octanol–water partition coefficient (Wildman–Crippen LogP) is 3.38. The molecular weight excluding hydrogens is 322 g/mol. The Kier molecular flexibility index (Phi) is 6.60. The highest BCUT2D eigenvalue weighted by molar-refractivity contribution is 7.11.